The Balaban J connectivity index is 3.65. The van der Waals surface area contributed by atoms with Crippen molar-refractivity contribution in [2.45, 2.75) is 33.1 Å². The molecular weight excluding hydrogens is 191 g/mol. The number of hydrogen-bond acceptors (Lipinski definition) is 2. The molecule has 0 aromatic rings. The van der Waals surface area contributed by atoms with Crippen LogP contribution in [0, 0.1) is 0 Å². The molecule has 0 aliphatic heterocycles. The van der Waals surface area contributed by atoms with Crippen molar-refractivity contribution in [1.82, 2.24) is 0 Å². The van der Waals surface area contributed by atoms with Crippen LogP contribution in [-0.2, 0) is 9.09 Å². The predicted molar refractivity (Wildman–Crippen MR) is 51.3 cm³/mol. The summed E-state index contributed by atoms with van der Waals surface area (Å²) in [5, 5.41) is 0. The summed E-state index contributed by atoms with van der Waals surface area (Å²) in [4.78, 5) is 16.7. The first-order valence-electron chi connectivity index (χ1n) is 4.31. The number of unbranched alkanes of at least 4 members (excludes halogenated alkanes) is 1. The number of allylic oxidation sites excluding steroid dienone is 1. The molecule has 0 unspecified atom stereocenters. The van der Waals surface area contributed by atoms with E-state index in [-0.39, 0.29) is 6.61 Å². The highest BCUT2D eigenvalue weighted by Gasteiger charge is 2.11. The van der Waals surface area contributed by atoms with E-state index in [0.29, 0.717) is 0 Å². The maximum atomic E-state index is 10.3. The molecule has 0 rings (SSSR count). The van der Waals surface area contributed by atoms with E-state index in [9.17, 15) is 4.57 Å². The Labute approximate surface area is 78.9 Å². The molecule has 0 aromatic carbocycles. The monoisotopic (exact) mass is 208 g/mol. The summed E-state index contributed by atoms with van der Waals surface area (Å²) in [5.41, 5.74) is 1.11. The van der Waals surface area contributed by atoms with Crippen molar-refractivity contribution < 1.29 is 18.9 Å². The Kier molecular flexibility index (Phi) is 6.25. The SMILES string of the molecule is CCCC/C(C)=C/COP(=O)(O)O. The van der Waals surface area contributed by atoms with Gasteiger partial charge in [0.2, 0.25) is 0 Å². The first-order valence-corrected chi connectivity index (χ1v) is 5.84. The van der Waals surface area contributed by atoms with E-state index in [2.05, 4.69) is 11.4 Å². The minimum atomic E-state index is -4.29. The zero-order valence-corrected chi connectivity index (χ0v) is 8.96. The van der Waals surface area contributed by atoms with E-state index in [0.717, 1.165) is 24.8 Å². The third-order valence-electron chi connectivity index (χ3n) is 1.60. The molecule has 0 fully saturated rings. The molecule has 2 N–H and O–H groups in total. The normalized spacial score (nSPS) is 13.4. The van der Waals surface area contributed by atoms with Gasteiger partial charge in [-0.3, -0.25) is 4.52 Å². The molecule has 0 amide bonds. The van der Waals surface area contributed by atoms with Crippen molar-refractivity contribution in [1.29, 1.82) is 0 Å². The van der Waals surface area contributed by atoms with Crippen LogP contribution < -0.4 is 0 Å². The lowest BCUT2D eigenvalue weighted by Crippen LogP contribution is -1.89. The largest absolute Gasteiger partial charge is 0.469 e. The molecular formula is C8H17O4P. The van der Waals surface area contributed by atoms with Gasteiger partial charge in [-0.25, -0.2) is 4.57 Å². The molecule has 13 heavy (non-hydrogen) atoms. The van der Waals surface area contributed by atoms with Crippen molar-refractivity contribution in [2.75, 3.05) is 6.61 Å². The molecule has 0 aliphatic carbocycles. The quantitative estimate of drug-likeness (QED) is 0.519. The number of rotatable bonds is 6. The highest BCUT2D eigenvalue weighted by molar-refractivity contribution is 7.46. The second-order valence-corrected chi connectivity index (χ2v) is 4.18. The van der Waals surface area contributed by atoms with Crippen LogP contribution in [0.5, 0.6) is 0 Å². The molecule has 0 aromatic heterocycles. The summed E-state index contributed by atoms with van der Waals surface area (Å²) in [7, 11) is -4.29. The van der Waals surface area contributed by atoms with Gasteiger partial charge < -0.3 is 9.79 Å². The van der Waals surface area contributed by atoms with Crippen LogP contribution in [0.3, 0.4) is 0 Å². The first-order chi connectivity index (χ1) is 5.95. The van der Waals surface area contributed by atoms with Gasteiger partial charge >= 0.3 is 7.82 Å². The van der Waals surface area contributed by atoms with Gasteiger partial charge in [0, 0.05) is 0 Å². The minimum absolute atomic E-state index is 0.0141. The maximum Gasteiger partial charge on any atom is 0.469 e. The fraction of sp³-hybridized carbons (Fsp3) is 0.750. The second-order valence-electron chi connectivity index (χ2n) is 2.94. The lowest BCUT2D eigenvalue weighted by Gasteiger charge is -2.03. The standard InChI is InChI=1S/C8H17O4P/c1-3-4-5-8(2)6-7-12-13(9,10)11/h6H,3-5,7H2,1-2H3,(H2,9,10,11)/b8-6+. The van der Waals surface area contributed by atoms with E-state index >= 15 is 0 Å². The number of hydrogen-bond donors (Lipinski definition) is 2. The Morgan fingerprint density at radius 2 is 2.15 bits per heavy atom. The van der Waals surface area contributed by atoms with Gasteiger partial charge in [0.1, 0.15) is 0 Å². The zero-order valence-electron chi connectivity index (χ0n) is 8.06. The van der Waals surface area contributed by atoms with Crippen molar-refractivity contribution in [3.8, 4) is 0 Å². The molecule has 4 nitrogen and oxygen atoms in total. The smallest absolute Gasteiger partial charge is 0.303 e. The van der Waals surface area contributed by atoms with Gasteiger partial charge in [-0.05, 0) is 19.8 Å². The predicted octanol–water partition coefficient (Wildman–Crippen LogP) is 2.23. The molecule has 0 radical (unpaired) electrons. The van der Waals surface area contributed by atoms with Crippen LogP contribution in [0.1, 0.15) is 33.1 Å². The van der Waals surface area contributed by atoms with Gasteiger partial charge in [0.25, 0.3) is 0 Å². The minimum Gasteiger partial charge on any atom is -0.303 e. The topological polar surface area (TPSA) is 66.8 Å². The van der Waals surface area contributed by atoms with Crippen molar-refractivity contribution in [2.24, 2.45) is 0 Å². The van der Waals surface area contributed by atoms with Crippen LogP contribution in [-0.4, -0.2) is 16.4 Å². The van der Waals surface area contributed by atoms with Crippen molar-refractivity contribution in [3.63, 3.8) is 0 Å². The lowest BCUT2D eigenvalue weighted by atomic mass is 10.1. The van der Waals surface area contributed by atoms with Crippen molar-refractivity contribution in [3.05, 3.63) is 11.6 Å². The summed E-state index contributed by atoms with van der Waals surface area (Å²) >= 11 is 0. The van der Waals surface area contributed by atoms with E-state index < -0.39 is 7.82 Å². The van der Waals surface area contributed by atoms with Gasteiger partial charge in [0.15, 0.2) is 0 Å². The highest BCUT2D eigenvalue weighted by atomic mass is 31.2. The Hall–Kier alpha value is -0.150. The van der Waals surface area contributed by atoms with Gasteiger partial charge in [-0.1, -0.05) is 25.0 Å². The molecule has 0 aliphatic rings. The summed E-state index contributed by atoms with van der Waals surface area (Å²) in [5.74, 6) is 0. The van der Waals surface area contributed by atoms with Crippen molar-refractivity contribution >= 4 is 7.82 Å². The molecule has 0 bridgehead atoms. The average molecular weight is 208 g/mol. The molecule has 0 heterocycles. The molecule has 78 valence electrons. The van der Waals surface area contributed by atoms with E-state index in [1.165, 1.54) is 0 Å². The Morgan fingerprint density at radius 3 is 2.62 bits per heavy atom. The summed E-state index contributed by atoms with van der Waals surface area (Å²) in [6, 6.07) is 0. The number of phosphoric acid groups is 1. The third kappa shape index (κ3) is 9.77. The Morgan fingerprint density at radius 1 is 1.54 bits per heavy atom. The first kappa shape index (κ1) is 12.8. The van der Waals surface area contributed by atoms with Crippen LogP contribution >= 0.6 is 7.82 Å². The summed E-state index contributed by atoms with van der Waals surface area (Å²) in [6.45, 7) is 4.01. The fourth-order valence-electron chi connectivity index (χ4n) is 0.834. The number of phosphoric ester groups is 1. The maximum absolute atomic E-state index is 10.3. The average Bonchev–Trinajstić information content (AvgIpc) is 1.98. The Bertz CT molecular complexity index is 206. The fourth-order valence-corrected chi connectivity index (χ4v) is 1.10. The highest BCUT2D eigenvalue weighted by Crippen LogP contribution is 2.35. The van der Waals surface area contributed by atoms with E-state index in [1.807, 2.05) is 6.92 Å². The molecule has 0 atom stereocenters. The van der Waals surface area contributed by atoms with Gasteiger partial charge in [-0.2, -0.15) is 0 Å². The van der Waals surface area contributed by atoms with Gasteiger partial charge in [-0.15, -0.1) is 0 Å². The van der Waals surface area contributed by atoms with Crippen LogP contribution in [0.15, 0.2) is 11.6 Å². The second kappa shape index (κ2) is 6.33. The molecule has 0 spiro atoms. The third-order valence-corrected chi connectivity index (χ3v) is 2.08. The summed E-state index contributed by atoms with van der Waals surface area (Å²) < 4.78 is 14.5. The molecule has 5 heteroatoms. The summed E-state index contributed by atoms with van der Waals surface area (Å²) in [6.07, 6.45) is 4.87. The zero-order chi connectivity index (χ0) is 10.3. The van der Waals surface area contributed by atoms with Crippen LogP contribution in [0.2, 0.25) is 0 Å². The lowest BCUT2D eigenvalue weighted by molar-refractivity contribution is 0.215. The van der Waals surface area contributed by atoms with Gasteiger partial charge in [0.05, 0.1) is 6.61 Å². The van der Waals surface area contributed by atoms with Crippen LogP contribution in [0.4, 0.5) is 0 Å². The van der Waals surface area contributed by atoms with E-state index in [1.54, 1.807) is 6.08 Å². The molecule has 0 saturated carbocycles. The molecule has 0 saturated heterocycles. The van der Waals surface area contributed by atoms with E-state index in [4.69, 9.17) is 9.79 Å². The van der Waals surface area contributed by atoms with Crippen LogP contribution in [0.25, 0.3) is 0 Å².